The topological polar surface area (TPSA) is 40.1 Å². The largest absolute Gasteiger partial charge is 0.768 e. The predicted octanol–water partition coefficient (Wildman–Crippen LogP) is 3.29. The third-order valence-electron chi connectivity index (χ3n) is 2.22. The lowest BCUT2D eigenvalue weighted by Crippen LogP contribution is -1.89. The van der Waals surface area contributed by atoms with Gasteiger partial charge in [-0.25, -0.2) is 0 Å². The molecule has 0 saturated carbocycles. The third-order valence-corrected chi connectivity index (χ3v) is 2.88. The monoisotopic (exact) mass is 235 g/mol. The van der Waals surface area contributed by atoms with Gasteiger partial charge in [-0.3, -0.25) is 4.21 Å². The van der Waals surface area contributed by atoms with Crippen molar-refractivity contribution in [1.29, 1.82) is 0 Å². The molecule has 0 heterocycles. The second kappa shape index (κ2) is 6.40. The van der Waals surface area contributed by atoms with Crippen LogP contribution in [-0.4, -0.2) is 8.76 Å². The van der Waals surface area contributed by atoms with Gasteiger partial charge in [0, 0.05) is 4.90 Å². The molecule has 0 aliphatic rings. The molecule has 1 unspecified atom stereocenters. The molecule has 2 nitrogen and oxygen atoms in total. The molecular weight excluding hydrogens is 220 g/mol. The first-order chi connectivity index (χ1) is 7.69. The van der Waals surface area contributed by atoms with Gasteiger partial charge < -0.3 is 4.55 Å². The highest BCUT2D eigenvalue weighted by atomic mass is 32.2. The standard InChI is InChI=1S/C13H16O2S/c1-3-5-6-11(4-2)12-7-9-13(10-8-12)16(14)15/h4-10H,3H2,1-2H3,(H,14,15)/p-1. The van der Waals surface area contributed by atoms with E-state index in [1.54, 1.807) is 12.1 Å². The van der Waals surface area contributed by atoms with E-state index in [0.29, 0.717) is 4.90 Å². The quantitative estimate of drug-likeness (QED) is 0.593. The molecule has 3 heteroatoms. The van der Waals surface area contributed by atoms with Crippen molar-refractivity contribution in [2.24, 2.45) is 0 Å². The molecule has 0 spiro atoms. The van der Waals surface area contributed by atoms with E-state index in [2.05, 4.69) is 13.0 Å². The molecule has 0 fully saturated rings. The summed E-state index contributed by atoms with van der Waals surface area (Å²) in [6.45, 7) is 4.04. The van der Waals surface area contributed by atoms with Crippen LogP contribution >= 0.6 is 0 Å². The number of allylic oxidation sites excluding steroid dienone is 4. The minimum Gasteiger partial charge on any atom is -0.768 e. The summed E-state index contributed by atoms with van der Waals surface area (Å²) in [6.07, 6.45) is 7.12. The molecule has 1 rings (SSSR count). The fourth-order valence-electron chi connectivity index (χ4n) is 1.36. The van der Waals surface area contributed by atoms with Crippen LogP contribution in [-0.2, 0) is 11.1 Å². The third kappa shape index (κ3) is 3.43. The smallest absolute Gasteiger partial charge is 0.0249 e. The molecule has 1 aromatic rings. The van der Waals surface area contributed by atoms with Crippen LogP contribution in [0.25, 0.3) is 5.57 Å². The molecule has 0 radical (unpaired) electrons. The van der Waals surface area contributed by atoms with Crippen molar-refractivity contribution >= 4 is 16.7 Å². The molecule has 1 atom stereocenters. The zero-order chi connectivity index (χ0) is 12.0. The summed E-state index contributed by atoms with van der Waals surface area (Å²) in [5.41, 5.74) is 2.13. The van der Waals surface area contributed by atoms with Crippen molar-refractivity contribution in [3.8, 4) is 0 Å². The van der Waals surface area contributed by atoms with Gasteiger partial charge in [0.2, 0.25) is 0 Å². The number of rotatable bonds is 4. The van der Waals surface area contributed by atoms with Gasteiger partial charge in [0.05, 0.1) is 0 Å². The van der Waals surface area contributed by atoms with E-state index in [-0.39, 0.29) is 0 Å². The summed E-state index contributed by atoms with van der Waals surface area (Å²) in [6, 6.07) is 6.87. The number of hydrogen-bond acceptors (Lipinski definition) is 2. The predicted molar refractivity (Wildman–Crippen MR) is 66.7 cm³/mol. The van der Waals surface area contributed by atoms with Crippen LogP contribution in [0, 0.1) is 0 Å². The maximum atomic E-state index is 10.7. The Labute approximate surface area is 99.0 Å². The van der Waals surface area contributed by atoms with E-state index in [9.17, 15) is 8.76 Å². The SMILES string of the molecule is CC=C(C=CCC)c1ccc(S(=O)[O-])cc1. The minimum atomic E-state index is -2.15. The molecule has 0 aliphatic carbocycles. The molecular formula is C13H15O2S-. The minimum absolute atomic E-state index is 0.318. The van der Waals surface area contributed by atoms with Gasteiger partial charge in [-0.2, -0.15) is 0 Å². The summed E-state index contributed by atoms with van der Waals surface area (Å²) < 4.78 is 21.4. The van der Waals surface area contributed by atoms with Gasteiger partial charge >= 0.3 is 0 Å². The van der Waals surface area contributed by atoms with Crippen LogP contribution in [0.4, 0.5) is 0 Å². The van der Waals surface area contributed by atoms with Crippen molar-refractivity contribution in [3.63, 3.8) is 0 Å². The zero-order valence-electron chi connectivity index (χ0n) is 9.47. The lowest BCUT2D eigenvalue weighted by Gasteiger charge is -2.07. The second-order valence-corrected chi connectivity index (χ2v) is 4.25. The lowest BCUT2D eigenvalue weighted by molar-refractivity contribution is 0.537. The molecule has 86 valence electrons. The van der Waals surface area contributed by atoms with Gasteiger partial charge in [0.1, 0.15) is 0 Å². The highest BCUT2D eigenvalue weighted by Crippen LogP contribution is 2.17. The average molecular weight is 235 g/mol. The van der Waals surface area contributed by atoms with Crippen LogP contribution in [0.3, 0.4) is 0 Å². The van der Waals surface area contributed by atoms with Crippen molar-refractivity contribution in [2.45, 2.75) is 25.2 Å². The van der Waals surface area contributed by atoms with E-state index in [0.717, 1.165) is 17.6 Å². The first-order valence-corrected chi connectivity index (χ1v) is 6.29. The van der Waals surface area contributed by atoms with Crippen LogP contribution in [0.15, 0.2) is 47.4 Å². The van der Waals surface area contributed by atoms with Gasteiger partial charge in [-0.15, -0.1) is 0 Å². The van der Waals surface area contributed by atoms with Crippen molar-refractivity contribution < 1.29 is 8.76 Å². The first kappa shape index (κ1) is 12.9. The summed E-state index contributed by atoms with van der Waals surface area (Å²) >= 11 is -2.15. The van der Waals surface area contributed by atoms with Crippen molar-refractivity contribution in [1.82, 2.24) is 0 Å². The normalized spacial score (nSPS) is 14.3. The van der Waals surface area contributed by atoms with Crippen molar-refractivity contribution in [2.75, 3.05) is 0 Å². The molecule has 0 aromatic heterocycles. The molecule has 0 N–H and O–H groups in total. The van der Waals surface area contributed by atoms with E-state index < -0.39 is 11.1 Å². The highest BCUT2D eigenvalue weighted by molar-refractivity contribution is 7.79. The molecule has 1 aromatic carbocycles. The average Bonchev–Trinajstić information content (AvgIpc) is 2.30. The van der Waals surface area contributed by atoms with E-state index in [4.69, 9.17) is 0 Å². The van der Waals surface area contributed by atoms with Crippen LogP contribution < -0.4 is 0 Å². The fraction of sp³-hybridized carbons (Fsp3) is 0.231. The Morgan fingerprint density at radius 1 is 1.38 bits per heavy atom. The summed E-state index contributed by atoms with van der Waals surface area (Å²) in [5, 5.41) is 0. The Morgan fingerprint density at radius 2 is 2.00 bits per heavy atom. The molecule has 0 aliphatic heterocycles. The maximum absolute atomic E-state index is 10.7. The van der Waals surface area contributed by atoms with Gasteiger partial charge in [0.15, 0.2) is 0 Å². The van der Waals surface area contributed by atoms with Crippen LogP contribution in [0.5, 0.6) is 0 Å². The van der Waals surface area contributed by atoms with E-state index in [1.165, 1.54) is 0 Å². The fourth-order valence-corrected chi connectivity index (χ4v) is 1.72. The zero-order valence-corrected chi connectivity index (χ0v) is 10.3. The highest BCUT2D eigenvalue weighted by Gasteiger charge is 1.97. The first-order valence-electron chi connectivity index (χ1n) is 5.21. The van der Waals surface area contributed by atoms with E-state index in [1.807, 2.05) is 31.2 Å². The number of benzene rings is 1. The van der Waals surface area contributed by atoms with Crippen molar-refractivity contribution in [3.05, 3.63) is 48.1 Å². The Hall–Kier alpha value is -1.19. The Morgan fingerprint density at radius 3 is 2.44 bits per heavy atom. The Balaban J connectivity index is 2.96. The summed E-state index contributed by atoms with van der Waals surface area (Å²) in [5.74, 6) is 0. The summed E-state index contributed by atoms with van der Waals surface area (Å²) in [7, 11) is 0. The Kier molecular flexibility index (Phi) is 5.15. The summed E-state index contributed by atoms with van der Waals surface area (Å²) in [4.78, 5) is 0.318. The maximum Gasteiger partial charge on any atom is 0.0249 e. The molecule has 16 heavy (non-hydrogen) atoms. The lowest BCUT2D eigenvalue weighted by atomic mass is 10.1. The van der Waals surface area contributed by atoms with E-state index >= 15 is 0 Å². The van der Waals surface area contributed by atoms with Crippen LogP contribution in [0.1, 0.15) is 25.8 Å². The molecule has 0 bridgehead atoms. The second-order valence-electron chi connectivity index (χ2n) is 3.31. The van der Waals surface area contributed by atoms with Gasteiger partial charge in [0.25, 0.3) is 0 Å². The molecule has 0 amide bonds. The van der Waals surface area contributed by atoms with Gasteiger partial charge in [-0.1, -0.05) is 37.3 Å². The van der Waals surface area contributed by atoms with Gasteiger partial charge in [-0.05, 0) is 47.7 Å². The Bertz CT molecular complexity index is 416. The van der Waals surface area contributed by atoms with Crippen LogP contribution in [0.2, 0.25) is 0 Å². The number of hydrogen-bond donors (Lipinski definition) is 0. The molecule has 0 saturated heterocycles.